The molecule has 1 aliphatic rings. The van der Waals surface area contributed by atoms with Crippen LogP contribution in [-0.4, -0.2) is 11.4 Å². The van der Waals surface area contributed by atoms with Gasteiger partial charge in [0.15, 0.2) is 0 Å². The standard InChI is InChI=1S/C8H9NO2/c1-6-7(4-9-11-6)8(5-10)2-3-8/h4-5H,2-3H2,1H3. The maximum Gasteiger partial charge on any atom is 0.137 e. The topological polar surface area (TPSA) is 43.1 Å². The zero-order valence-corrected chi connectivity index (χ0v) is 6.33. The highest BCUT2D eigenvalue weighted by Crippen LogP contribution is 2.47. The highest BCUT2D eigenvalue weighted by Gasteiger charge is 2.46. The van der Waals surface area contributed by atoms with Gasteiger partial charge >= 0.3 is 0 Å². The lowest BCUT2D eigenvalue weighted by molar-refractivity contribution is -0.109. The minimum atomic E-state index is -0.232. The Balaban J connectivity index is 2.43. The number of carbonyl (C=O) groups is 1. The first-order chi connectivity index (χ1) is 5.28. The maximum absolute atomic E-state index is 10.7. The van der Waals surface area contributed by atoms with Crippen LogP contribution in [0.1, 0.15) is 24.2 Å². The predicted octanol–water partition coefficient (Wildman–Crippen LogP) is 1.21. The summed E-state index contributed by atoms with van der Waals surface area (Å²) in [4.78, 5) is 10.7. The van der Waals surface area contributed by atoms with Gasteiger partial charge < -0.3 is 9.32 Å². The van der Waals surface area contributed by atoms with Crippen molar-refractivity contribution < 1.29 is 9.32 Å². The van der Waals surface area contributed by atoms with Crippen molar-refractivity contribution in [3.8, 4) is 0 Å². The number of aryl methyl sites for hydroxylation is 1. The van der Waals surface area contributed by atoms with Crippen LogP contribution in [-0.2, 0) is 10.2 Å². The molecule has 0 spiro atoms. The van der Waals surface area contributed by atoms with Crippen LogP contribution in [0.5, 0.6) is 0 Å². The van der Waals surface area contributed by atoms with E-state index in [1.165, 1.54) is 0 Å². The fraction of sp³-hybridized carbons (Fsp3) is 0.500. The summed E-state index contributed by atoms with van der Waals surface area (Å²) in [6, 6.07) is 0. The Morgan fingerprint density at radius 3 is 2.82 bits per heavy atom. The van der Waals surface area contributed by atoms with E-state index in [0.717, 1.165) is 30.5 Å². The number of aromatic nitrogens is 1. The first-order valence-electron chi connectivity index (χ1n) is 3.67. The Labute approximate surface area is 64.4 Å². The molecule has 1 aromatic heterocycles. The van der Waals surface area contributed by atoms with Crippen molar-refractivity contribution >= 4 is 6.29 Å². The molecule has 0 bridgehead atoms. The molecule has 0 saturated heterocycles. The first-order valence-corrected chi connectivity index (χ1v) is 3.67. The Kier molecular flexibility index (Phi) is 1.16. The molecule has 0 amide bonds. The van der Waals surface area contributed by atoms with Gasteiger partial charge in [0.05, 0.1) is 11.6 Å². The van der Waals surface area contributed by atoms with Gasteiger partial charge in [-0.1, -0.05) is 5.16 Å². The van der Waals surface area contributed by atoms with Crippen LogP contribution in [0.2, 0.25) is 0 Å². The van der Waals surface area contributed by atoms with Crippen LogP contribution in [0.4, 0.5) is 0 Å². The smallest absolute Gasteiger partial charge is 0.137 e. The van der Waals surface area contributed by atoms with Gasteiger partial charge in [0, 0.05) is 5.56 Å². The normalized spacial score (nSPS) is 19.7. The van der Waals surface area contributed by atoms with Crippen LogP contribution in [0.15, 0.2) is 10.7 Å². The number of aldehydes is 1. The van der Waals surface area contributed by atoms with Gasteiger partial charge in [-0.15, -0.1) is 0 Å². The molecule has 0 aliphatic heterocycles. The van der Waals surface area contributed by atoms with Crippen molar-refractivity contribution in [2.75, 3.05) is 0 Å². The molecule has 0 radical (unpaired) electrons. The lowest BCUT2D eigenvalue weighted by Crippen LogP contribution is -2.07. The molecule has 3 heteroatoms. The molecular weight excluding hydrogens is 142 g/mol. The summed E-state index contributed by atoms with van der Waals surface area (Å²) in [6.45, 7) is 1.84. The van der Waals surface area contributed by atoms with Gasteiger partial charge in [-0.3, -0.25) is 0 Å². The third-order valence-electron chi connectivity index (χ3n) is 2.30. The van der Waals surface area contributed by atoms with Crippen molar-refractivity contribution in [1.82, 2.24) is 5.16 Å². The van der Waals surface area contributed by atoms with E-state index in [0.29, 0.717) is 0 Å². The third-order valence-corrected chi connectivity index (χ3v) is 2.30. The highest BCUT2D eigenvalue weighted by atomic mass is 16.5. The van der Waals surface area contributed by atoms with E-state index in [2.05, 4.69) is 5.16 Å². The minimum absolute atomic E-state index is 0.232. The van der Waals surface area contributed by atoms with Crippen LogP contribution >= 0.6 is 0 Å². The Bertz CT molecular complexity index is 286. The zero-order chi connectivity index (χ0) is 7.90. The van der Waals surface area contributed by atoms with E-state index >= 15 is 0 Å². The third kappa shape index (κ3) is 0.803. The summed E-state index contributed by atoms with van der Waals surface area (Å²) >= 11 is 0. The minimum Gasteiger partial charge on any atom is -0.361 e. The van der Waals surface area contributed by atoms with Gasteiger partial charge in [0.25, 0.3) is 0 Å². The molecule has 0 aromatic carbocycles. The van der Waals surface area contributed by atoms with E-state index in [9.17, 15) is 4.79 Å². The van der Waals surface area contributed by atoms with Crippen LogP contribution in [0.25, 0.3) is 0 Å². The molecule has 1 aromatic rings. The molecule has 0 atom stereocenters. The molecule has 1 aliphatic carbocycles. The molecule has 1 saturated carbocycles. The lowest BCUT2D eigenvalue weighted by Gasteiger charge is -2.01. The number of rotatable bonds is 2. The number of hydrogen-bond donors (Lipinski definition) is 0. The van der Waals surface area contributed by atoms with Crippen LogP contribution in [0, 0.1) is 6.92 Å². The molecule has 1 heterocycles. The monoisotopic (exact) mass is 151 g/mol. The van der Waals surface area contributed by atoms with Crippen LogP contribution in [0.3, 0.4) is 0 Å². The fourth-order valence-electron chi connectivity index (χ4n) is 1.36. The Morgan fingerprint density at radius 2 is 2.45 bits per heavy atom. The quantitative estimate of drug-likeness (QED) is 0.597. The Morgan fingerprint density at radius 1 is 1.73 bits per heavy atom. The summed E-state index contributed by atoms with van der Waals surface area (Å²) < 4.78 is 4.88. The molecule has 1 fully saturated rings. The summed E-state index contributed by atoms with van der Waals surface area (Å²) in [7, 11) is 0. The van der Waals surface area contributed by atoms with Gasteiger partial charge in [0.1, 0.15) is 12.0 Å². The van der Waals surface area contributed by atoms with E-state index in [1.54, 1.807) is 6.20 Å². The fourth-order valence-corrected chi connectivity index (χ4v) is 1.36. The SMILES string of the molecule is Cc1oncc1C1(C=O)CC1. The Hall–Kier alpha value is -1.12. The summed E-state index contributed by atoms with van der Waals surface area (Å²) in [5, 5.41) is 3.64. The summed E-state index contributed by atoms with van der Waals surface area (Å²) in [5.74, 6) is 0.773. The van der Waals surface area contributed by atoms with Gasteiger partial charge in [-0.05, 0) is 19.8 Å². The van der Waals surface area contributed by atoms with Crippen molar-refractivity contribution in [3.05, 3.63) is 17.5 Å². The largest absolute Gasteiger partial charge is 0.361 e. The van der Waals surface area contributed by atoms with Gasteiger partial charge in [-0.25, -0.2) is 0 Å². The number of hydrogen-bond acceptors (Lipinski definition) is 3. The molecule has 3 nitrogen and oxygen atoms in total. The van der Waals surface area contributed by atoms with Crippen molar-refractivity contribution in [2.24, 2.45) is 0 Å². The highest BCUT2D eigenvalue weighted by molar-refractivity contribution is 5.73. The van der Waals surface area contributed by atoms with Crippen molar-refractivity contribution in [1.29, 1.82) is 0 Å². The predicted molar refractivity (Wildman–Crippen MR) is 38.2 cm³/mol. The average molecular weight is 151 g/mol. The molecule has 0 unspecified atom stereocenters. The second kappa shape index (κ2) is 1.94. The molecular formula is C8H9NO2. The van der Waals surface area contributed by atoms with Gasteiger partial charge in [-0.2, -0.15) is 0 Å². The molecule has 11 heavy (non-hydrogen) atoms. The maximum atomic E-state index is 10.7. The second-order valence-corrected chi connectivity index (χ2v) is 3.07. The van der Waals surface area contributed by atoms with E-state index in [4.69, 9.17) is 4.52 Å². The molecule has 58 valence electrons. The molecule has 2 rings (SSSR count). The zero-order valence-electron chi connectivity index (χ0n) is 6.33. The van der Waals surface area contributed by atoms with Crippen molar-refractivity contribution in [2.45, 2.75) is 25.2 Å². The number of carbonyl (C=O) groups excluding carboxylic acids is 1. The molecule has 0 N–H and O–H groups in total. The second-order valence-electron chi connectivity index (χ2n) is 3.07. The van der Waals surface area contributed by atoms with Gasteiger partial charge in [0.2, 0.25) is 0 Å². The first kappa shape index (κ1) is 6.58. The van der Waals surface area contributed by atoms with E-state index in [-0.39, 0.29) is 5.41 Å². The number of nitrogens with zero attached hydrogens (tertiary/aromatic N) is 1. The lowest BCUT2D eigenvalue weighted by atomic mass is 9.99. The van der Waals surface area contributed by atoms with E-state index in [1.807, 2.05) is 6.92 Å². The summed E-state index contributed by atoms with van der Waals surface area (Å²) in [6.07, 6.45) is 4.54. The summed E-state index contributed by atoms with van der Waals surface area (Å²) in [5.41, 5.74) is 0.733. The van der Waals surface area contributed by atoms with Crippen molar-refractivity contribution in [3.63, 3.8) is 0 Å². The van der Waals surface area contributed by atoms with Crippen LogP contribution < -0.4 is 0 Å². The van der Waals surface area contributed by atoms with E-state index < -0.39 is 0 Å². The average Bonchev–Trinajstić information content (AvgIpc) is 2.70.